The molecule has 1 heterocycles. The molecular weight excluding hydrogens is 268 g/mol. The molecule has 1 amide bonds. The van der Waals surface area contributed by atoms with Crippen molar-refractivity contribution in [2.45, 2.75) is 37.8 Å². The van der Waals surface area contributed by atoms with Crippen LogP contribution in [-0.4, -0.2) is 59.4 Å². The van der Waals surface area contributed by atoms with Crippen molar-refractivity contribution in [3.63, 3.8) is 0 Å². The van der Waals surface area contributed by atoms with Gasteiger partial charge in [-0.1, -0.05) is 0 Å². The van der Waals surface area contributed by atoms with Crippen molar-refractivity contribution in [1.29, 1.82) is 0 Å². The zero-order valence-electron chi connectivity index (χ0n) is 11.3. The fourth-order valence-electron chi connectivity index (χ4n) is 1.77. The predicted octanol–water partition coefficient (Wildman–Crippen LogP) is -0.811. The highest BCUT2D eigenvalue weighted by Gasteiger charge is 2.33. The molecule has 0 aromatic rings. The highest BCUT2D eigenvalue weighted by atomic mass is 16.5. The molecule has 0 spiro atoms. The molecule has 1 saturated heterocycles. The molecular formula is C12H20N2O6. The van der Waals surface area contributed by atoms with E-state index < -0.39 is 23.9 Å². The van der Waals surface area contributed by atoms with Gasteiger partial charge in [-0.2, -0.15) is 0 Å². The average Bonchev–Trinajstić information content (AvgIpc) is 2.32. The first-order valence-corrected chi connectivity index (χ1v) is 6.41. The number of ether oxygens (including phenoxy) is 1. The molecule has 0 aromatic carbocycles. The van der Waals surface area contributed by atoms with Crippen LogP contribution >= 0.6 is 0 Å². The molecule has 0 saturated carbocycles. The van der Waals surface area contributed by atoms with Gasteiger partial charge in [-0.15, -0.1) is 0 Å². The lowest BCUT2D eigenvalue weighted by molar-refractivity contribution is -0.145. The Hall–Kier alpha value is -1.67. The monoisotopic (exact) mass is 288 g/mol. The van der Waals surface area contributed by atoms with E-state index in [0.717, 1.165) is 0 Å². The summed E-state index contributed by atoms with van der Waals surface area (Å²) in [5.41, 5.74) is -0.376. The van der Waals surface area contributed by atoms with Crippen molar-refractivity contribution in [1.82, 2.24) is 10.6 Å². The standard InChI is InChI=1S/C12H20N2O6/c1-12(6-13-7-12)20-5-9(15)14-8(11(18)19)3-2-4-10(16)17/h8,13H,2-7H2,1H3,(H,14,15)(H,16,17)(H,18,19)/t8-/m1/s1. The second-order valence-electron chi connectivity index (χ2n) is 5.09. The van der Waals surface area contributed by atoms with Gasteiger partial charge < -0.3 is 25.6 Å². The van der Waals surface area contributed by atoms with E-state index in [1.807, 2.05) is 6.92 Å². The molecule has 1 aliphatic rings. The molecule has 8 nitrogen and oxygen atoms in total. The van der Waals surface area contributed by atoms with E-state index in [9.17, 15) is 14.4 Å². The van der Waals surface area contributed by atoms with E-state index in [2.05, 4.69) is 10.6 Å². The molecule has 0 unspecified atom stereocenters. The van der Waals surface area contributed by atoms with Crippen LogP contribution in [-0.2, 0) is 19.1 Å². The quantitative estimate of drug-likeness (QED) is 0.437. The van der Waals surface area contributed by atoms with Crippen molar-refractivity contribution >= 4 is 17.8 Å². The molecule has 0 aromatic heterocycles. The third kappa shape index (κ3) is 5.54. The number of carboxylic acids is 2. The highest BCUT2D eigenvalue weighted by Crippen LogP contribution is 2.14. The summed E-state index contributed by atoms with van der Waals surface area (Å²) in [6, 6.07) is -1.09. The van der Waals surface area contributed by atoms with Crippen LogP contribution in [0.1, 0.15) is 26.2 Å². The summed E-state index contributed by atoms with van der Waals surface area (Å²) in [6.07, 6.45) is 0.140. The van der Waals surface area contributed by atoms with Gasteiger partial charge in [0.1, 0.15) is 12.6 Å². The van der Waals surface area contributed by atoms with E-state index >= 15 is 0 Å². The number of carbonyl (C=O) groups excluding carboxylic acids is 1. The van der Waals surface area contributed by atoms with Crippen LogP contribution in [0, 0.1) is 0 Å². The number of aliphatic carboxylic acids is 2. The van der Waals surface area contributed by atoms with E-state index in [1.165, 1.54) is 0 Å². The molecule has 1 atom stereocenters. The van der Waals surface area contributed by atoms with Gasteiger partial charge in [0.15, 0.2) is 0 Å². The molecule has 20 heavy (non-hydrogen) atoms. The Morgan fingerprint density at radius 3 is 2.45 bits per heavy atom. The fourth-order valence-corrected chi connectivity index (χ4v) is 1.77. The van der Waals surface area contributed by atoms with Crippen LogP contribution in [0.25, 0.3) is 0 Å². The molecule has 114 valence electrons. The van der Waals surface area contributed by atoms with E-state index in [0.29, 0.717) is 13.1 Å². The molecule has 0 bridgehead atoms. The first kappa shape index (κ1) is 16.4. The zero-order chi connectivity index (χ0) is 15.2. The SMILES string of the molecule is CC1(OCC(=O)N[C@H](CCCC(=O)O)C(=O)O)CNC1. The second kappa shape index (κ2) is 7.20. The maximum Gasteiger partial charge on any atom is 0.326 e. The van der Waals surface area contributed by atoms with Crippen molar-refractivity contribution < 1.29 is 29.3 Å². The number of rotatable bonds is 9. The molecule has 8 heteroatoms. The van der Waals surface area contributed by atoms with Crippen LogP contribution in [0.3, 0.4) is 0 Å². The van der Waals surface area contributed by atoms with Crippen LogP contribution < -0.4 is 10.6 Å². The summed E-state index contributed by atoms with van der Waals surface area (Å²) >= 11 is 0. The van der Waals surface area contributed by atoms with E-state index in [-0.39, 0.29) is 31.5 Å². The molecule has 0 aliphatic carbocycles. The summed E-state index contributed by atoms with van der Waals surface area (Å²) in [7, 11) is 0. The van der Waals surface area contributed by atoms with Crippen molar-refractivity contribution in [3.05, 3.63) is 0 Å². The normalized spacial score (nSPS) is 17.9. The van der Waals surface area contributed by atoms with Gasteiger partial charge in [-0.05, 0) is 19.8 Å². The maximum absolute atomic E-state index is 11.6. The number of nitrogens with one attached hydrogen (secondary N) is 2. The summed E-state index contributed by atoms with van der Waals surface area (Å²) in [5, 5.41) is 22.8. The summed E-state index contributed by atoms with van der Waals surface area (Å²) in [5.74, 6) is -2.68. The van der Waals surface area contributed by atoms with Crippen molar-refractivity contribution in [2.75, 3.05) is 19.7 Å². The third-order valence-electron chi connectivity index (χ3n) is 3.07. The fraction of sp³-hybridized carbons (Fsp3) is 0.750. The summed E-state index contributed by atoms with van der Waals surface area (Å²) in [6.45, 7) is 2.96. The van der Waals surface area contributed by atoms with E-state index in [4.69, 9.17) is 14.9 Å². The first-order chi connectivity index (χ1) is 9.32. The smallest absolute Gasteiger partial charge is 0.326 e. The Bertz CT molecular complexity index is 380. The average molecular weight is 288 g/mol. The highest BCUT2D eigenvalue weighted by molar-refractivity contribution is 5.84. The van der Waals surface area contributed by atoms with Gasteiger partial charge in [-0.25, -0.2) is 4.79 Å². The molecule has 0 radical (unpaired) electrons. The summed E-state index contributed by atoms with van der Waals surface area (Å²) in [4.78, 5) is 32.9. The van der Waals surface area contributed by atoms with Crippen LogP contribution in [0.15, 0.2) is 0 Å². The Morgan fingerprint density at radius 1 is 1.35 bits per heavy atom. The van der Waals surface area contributed by atoms with Crippen LogP contribution in [0.2, 0.25) is 0 Å². The Kier molecular flexibility index (Phi) is 5.90. The van der Waals surface area contributed by atoms with Crippen molar-refractivity contribution in [2.24, 2.45) is 0 Å². The largest absolute Gasteiger partial charge is 0.481 e. The lowest BCUT2D eigenvalue weighted by atomic mass is 10.0. The van der Waals surface area contributed by atoms with Crippen LogP contribution in [0.5, 0.6) is 0 Å². The number of amides is 1. The number of hydrogen-bond acceptors (Lipinski definition) is 5. The summed E-state index contributed by atoms with van der Waals surface area (Å²) < 4.78 is 5.39. The first-order valence-electron chi connectivity index (χ1n) is 6.41. The minimum atomic E-state index is -1.18. The number of carboxylic acid groups (broad SMARTS) is 2. The lowest BCUT2D eigenvalue weighted by Crippen LogP contribution is -2.60. The minimum Gasteiger partial charge on any atom is -0.481 e. The van der Waals surface area contributed by atoms with Gasteiger partial charge >= 0.3 is 11.9 Å². The van der Waals surface area contributed by atoms with Gasteiger partial charge in [-0.3, -0.25) is 9.59 Å². The second-order valence-corrected chi connectivity index (χ2v) is 5.09. The molecule has 1 fully saturated rings. The number of hydrogen-bond donors (Lipinski definition) is 4. The Labute approximate surface area is 116 Å². The predicted molar refractivity (Wildman–Crippen MR) is 68.3 cm³/mol. The Morgan fingerprint density at radius 2 is 2.00 bits per heavy atom. The van der Waals surface area contributed by atoms with E-state index in [1.54, 1.807) is 0 Å². The number of carbonyl (C=O) groups is 3. The molecule has 4 N–H and O–H groups in total. The molecule has 1 aliphatic heterocycles. The zero-order valence-corrected chi connectivity index (χ0v) is 11.3. The van der Waals surface area contributed by atoms with Crippen molar-refractivity contribution in [3.8, 4) is 0 Å². The maximum atomic E-state index is 11.6. The van der Waals surface area contributed by atoms with Crippen LogP contribution in [0.4, 0.5) is 0 Å². The minimum absolute atomic E-state index is 0.0756. The van der Waals surface area contributed by atoms with Gasteiger partial charge in [0.05, 0.1) is 5.60 Å². The van der Waals surface area contributed by atoms with Gasteiger partial charge in [0, 0.05) is 19.5 Å². The van der Waals surface area contributed by atoms with Gasteiger partial charge in [0.25, 0.3) is 0 Å². The molecule has 1 rings (SSSR count). The third-order valence-corrected chi connectivity index (χ3v) is 3.07. The topological polar surface area (TPSA) is 125 Å². The Balaban J connectivity index is 2.30. The van der Waals surface area contributed by atoms with Gasteiger partial charge in [0.2, 0.25) is 5.91 Å². The lowest BCUT2D eigenvalue weighted by Gasteiger charge is -2.38.